The Morgan fingerprint density at radius 1 is 0.288 bits per heavy atom. The van der Waals surface area contributed by atoms with Gasteiger partial charge in [-0.3, -0.25) is 0 Å². The van der Waals surface area contributed by atoms with Gasteiger partial charge in [0.1, 0.15) is 11.5 Å². The van der Waals surface area contributed by atoms with E-state index in [1.807, 2.05) is 0 Å². The minimum atomic E-state index is -0.566. The number of ether oxygens (including phenoxy) is 1. The van der Waals surface area contributed by atoms with Crippen molar-refractivity contribution in [2.45, 2.75) is 10.8 Å². The second-order valence-electron chi connectivity index (χ2n) is 16.3. The van der Waals surface area contributed by atoms with Crippen LogP contribution in [0.5, 0.6) is 11.5 Å². The Hall–Kier alpha value is -7.48. The van der Waals surface area contributed by atoms with E-state index >= 15 is 0 Å². The number of hydrogen-bond acceptors (Lipinski definition) is 1. The summed E-state index contributed by atoms with van der Waals surface area (Å²) in [5.41, 5.74) is 16.5. The lowest BCUT2D eigenvalue weighted by Crippen LogP contribution is -2.32. The van der Waals surface area contributed by atoms with Gasteiger partial charge in [0.05, 0.1) is 10.8 Å². The molecule has 0 saturated carbocycles. The SMILES string of the molecule is c1ccc(C2(c3cccc(-c4ccc5c(c4)C4(c6ccccc6-c6ccccc64)c4ccc6ccccc6c4O5)c3)c3ccccc3-c3cc4ccccc4cc32)cc1. The zero-order valence-electron chi connectivity index (χ0n) is 32.2. The normalized spacial score (nSPS) is 16.1. The fourth-order valence-corrected chi connectivity index (χ4v) is 11.2. The van der Waals surface area contributed by atoms with E-state index in [-0.39, 0.29) is 0 Å². The minimum Gasteiger partial charge on any atom is -0.456 e. The Bertz CT molecular complexity index is 3330. The standard InChI is InChI=1S/C58H36O/c1-2-19-42(20-3-1)57(49-26-11-10-25-47(49)48-34-39-16-4-5-17-40(39)35-53(48)57)43-21-14-18-38(33-43)41-30-32-55-54(36-41)58(52-31-29-37-15-6-7-22-44(37)56(52)59-55)50-27-12-8-23-45(50)46-24-9-13-28-51(46)58/h1-36H. The fourth-order valence-electron chi connectivity index (χ4n) is 11.2. The van der Waals surface area contributed by atoms with Crippen LogP contribution in [0.25, 0.3) is 54.9 Å². The summed E-state index contributed by atoms with van der Waals surface area (Å²) in [6.45, 7) is 0. The van der Waals surface area contributed by atoms with Crippen molar-refractivity contribution >= 4 is 21.5 Å². The topological polar surface area (TPSA) is 9.23 Å². The quantitative estimate of drug-likeness (QED) is 0.175. The van der Waals surface area contributed by atoms with Crippen LogP contribution < -0.4 is 4.74 Å². The molecular weight excluding hydrogens is 713 g/mol. The van der Waals surface area contributed by atoms with E-state index in [1.54, 1.807) is 0 Å². The summed E-state index contributed by atoms with van der Waals surface area (Å²) in [7, 11) is 0. The third-order valence-electron chi connectivity index (χ3n) is 13.6. The van der Waals surface area contributed by atoms with Crippen molar-refractivity contribution in [3.8, 4) is 44.9 Å². The molecule has 1 aliphatic heterocycles. The smallest absolute Gasteiger partial charge is 0.140 e. The molecule has 3 aliphatic rings. The van der Waals surface area contributed by atoms with Crippen LogP contribution in [0, 0.1) is 0 Å². The van der Waals surface area contributed by atoms with Gasteiger partial charge >= 0.3 is 0 Å². The van der Waals surface area contributed by atoms with Crippen molar-refractivity contribution in [1.82, 2.24) is 0 Å². The predicted molar refractivity (Wildman–Crippen MR) is 242 cm³/mol. The van der Waals surface area contributed by atoms with Crippen LogP contribution in [0.1, 0.15) is 44.5 Å². The predicted octanol–water partition coefficient (Wildman–Crippen LogP) is 14.5. The summed E-state index contributed by atoms with van der Waals surface area (Å²) < 4.78 is 7.09. The molecule has 0 aromatic heterocycles. The molecule has 1 atom stereocenters. The van der Waals surface area contributed by atoms with E-state index in [2.05, 4.69) is 218 Å². The lowest BCUT2D eigenvalue weighted by atomic mass is 9.65. The number of rotatable bonds is 3. The molecule has 274 valence electrons. The number of hydrogen-bond donors (Lipinski definition) is 0. The molecule has 0 fully saturated rings. The number of benzene rings is 10. The molecule has 1 unspecified atom stereocenters. The van der Waals surface area contributed by atoms with E-state index in [0.717, 1.165) is 22.4 Å². The van der Waals surface area contributed by atoms with Gasteiger partial charge in [-0.2, -0.15) is 0 Å². The van der Waals surface area contributed by atoms with Crippen molar-refractivity contribution in [3.63, 3.8) is 0 Å². The Kier molecular flexibility index (Phi) is 6.64. The van der Waals surface area contributed by atoms with Crippen LogP contribution in [0.2, 0.25) is 0 Å². The molecule has 0 saturated heterocycles. The van der Waals surface area contributed by atoms with E-state index in [9.17, 15) is 0 Å². The van der Waals surface area contributed by atoms with Crippen LogP contribution in [-0.2, 0) is 10.8 Å². The van der Waals surface area contributed by atoms with E-state index in [1.165, 1.54) is 88.5 Å². The van der Waals surface area contributed by atoms with Gasteiger partial charge in [-0.15, -0.1) is 0 Å². The van der Waals surface area contributed by atoms with Gasteiger partial charge < -0.3 is 4.74 Å². The van der Waals surface area contributed by atoms with Crippen molar-refractivity contribution in [2.75, 3.05) is 0 Å². The highest BCUT2D eigenvalue weighted by Gasteiger charge is 2.52. The molecule has 1 heterocycles. The van der Waals surface area contributed by atoms with Gasteiger partial charge in [0.2, 0.25) is 0 Å². The summed E-state index contributed by atoms with van der Waals surface area (Å²) in [5, 5.41) is 4.81. The largest absolute Gasteiger partial charge is 0.456 e. The van der Waals surface area contributed by atoms with Crippen molar-refractivity contribution < 1.29 is 4.74 Å². The molecule has 0 N–H and O–H groups in total. The Morgan fingerprint density at radius 3 is 1.61 bits per heavy atom. The zero-order valence-corrected chi connectivity index (χ0v) is 32.2. The third kappa shape index (κ3) is 4.24. The first-order chi connectivity index (χ1) is 29.2. The maximum Gasteiger partial charge on any atom is 0.140 e. The van der Waals surface area contributed by atoms with Crippen LogP contribution in [0.3, 0.4) is 0 Å². The molecule has 0 amide bonds. The molecule has 1 nitrogen and oxygen atoms in total. The molecule has 59 heavy (non-hydrogen) atoms. The summed E-state index contributed by atoms with van der Waals surface area (Å²) >= 11 is 0. The van der Waals surface area contributed by atoms with Gasteiger partial charge in [-0.05, 0) is 113 Å². The Balaban J connectivity index is 1.07. The maximum atomic E-state index is 7.09. The summed E-state index contributed by atoms with van der Waals surface area (Å²) in [6.07, 6.45) is 0. The van der Waals surface area contributed by atoms with Crippen molar-refractivity contribution in [1.29, 1.82) is 0 Å². The van der Waals surface area contributed by atoms with Gasteiger partial charge in [-0.25, -0.2) is 0 Å². The van der Waals surface area contributed by atoms with E-state index in [0.29, 0.717) is 0 Å². The molecule has 1 heteroatoms. The summed E-state index contributed by atoms with van der Waals surface area (Å²) in [6, 6.07) is 81.1. The second-order valence-corrected chi connectivity index (χ2v) is 16.3. The third-order valence-corrected chi connectivity index (χ3v) is 13.6. The van der Waals surface area contributed by atoms with Gasteiger partial charge in [-0.1, -0.05) is 188 Å². The molecule has 1 spiro atoms. The zero-order chi connectivity index (χ0) is 38.7. The lowest BCUT2D eigenvalue weighted by molar-refractivity contribution is 0.442. The van der Waals surface area contributed by atoms with Crippen LogP contribution >= 0.6 is 0 Å². The molecular formula is C58H36O. The summed E-state index contributed by atoms with van der Waals surface area (Å²) in [5.74, 6) is 1.83. The molecule has 10 aromatic carbocycles. The minimum absolute atomic E-state index is 0.519. The maximum absolute atomic E-state index is 7.09. The first-order valence-corrected chi connectivity index (χ1v) is 20.6. The molecule has 2 aliphatic carbocycles. The van der Waals surface area contributed by atoms with Gasteiger partial charge in [0.15, 0.2) is 0 Å². The lowest BCUT2D eigenvalue weighted by Gasteiger charge is -2.40. The van der Waals surface area contributed by atoms with Gasteiger partial charge in [0, 0.05) is 16.5 Å². The van der Waals surface area contributed by atoms with Crippen LogP contribution in [0.15, 0.2) is 218 Å². The Morgan fingerprint density at radius 2 is 0.864 bits per heavy atom. The van der Waals surface area contributed by atoms with E-state index in [4.69, 9.17) is 4.74 Å². The second kappa shape index (κ2) is 12.0. The monoisotopic (exact) mass is 748 g/mol. The molecule has 0 radical (unpaired) electrons. The van der Waals surface area contributed by atoms with Gasteiger partial charge in [0.25, 0.3) is 0 Å². The molecule has 0 bridgehead atoms. The highest BCUT2D eigenvalue weighted by atomic mass is 16.5. The Labute approximate surface area is 343 Å². The average Bonchev–Trinajstić information content (AvgIpc) is 3.76. The highest BCUT2D eigenvalue weighted by molar-refractivity contribution is 5.98. The summed E-state index contributed by atoms with van der Waals surface area (Å²) in [4.78, 5) is 0. The highest BCUT2D eigenvalue weighted by Crippen LogP contribution is 2.63. The molecule has 10 aromatic rings. The molecule has 13 rings (SSSR count). The first kappa shape index (κ1) is 32.6. The van der Waals surface area contributed by atoms with E-state index < -0.39 is 10.8 Å². The average molecular weight is 749 g/mol. The van der Waals surface area contributed by atoms with Crippen molar-refractivity contribution in [2.24, 2.45) is 0 Å². The number of fused-ring (bicyclic) bond motifs is 15. The van der Waals surface area contributed by atoms with Crippen LogP contribution in [0.4, 0.5) is 0 Å². The fraction of sp³-hybridized carbons (Fsp3) is 0.0345. The first-order valence-electron chi connectivity index (χ1n) is 20.6. The van der Waals surface area contributed by atoms with Crippen molar-refractivity contribution in [3.05, 3.63) is 263 Å². The van der Waals surface area contributed by atoms with Crippen LogP contribution in [-0.4, -0.2) is 0 Å².